The molecule has 3 rings (SSSR count). The van der Waals surface area contributed by atoms with Crippen LogP contribution in [-0.4, -0.2) is 29.5 Å². The van der Waals surface area contributed by atoms with Gasteiger partial charge in [0.05, 0.1) is 6.54 Å². The minimum Gasteiger partial charge on any atom is -0.361 e. The number of H-pyrrole nitrogens is 1. The van der Waals surface area contributed by atoms with Crippen LogP contribution in [-0.2, 0) is 19.1 Å². The van der Waals surface area contributed by atoms with E-state index in [4.69, 9.17) is 11.6 Å². The number of halogens is 5. The first-order chi connectivity index (χ1) is 12.9. The zero-order valence-electron chi connectivity index (χ0n) is 14.7. The molecule has 3 N–H and O–H groups in total. The predicted molar refractivity (Wildman–Crippen MR) is 118 cm³/mol. The summed E-state index contributed by atoms with van der Waals surface area (Å²) in [6, 6.07) is 5.67. The SMILES string of the molecule is CN=C(NCCc1c[nH]c2ccc(Cl)cc12)NCc1nc(C(F)(F)F)cs1.I. The summed E-state index contributed by atoms with van der Waals surface area (Å²) in [5, 5.41) is 9.20. The van der Waals surface area contributed by atoms with Gasteiger partial charge in [-0.05, 0) is 30.2 Å². The summed E-state index contributed by atoms with van der Waals surface area (Å²) in [6.07, 6.45) is -1.75. The predicted octanol–water partition coefficient (Wildman–Crippen LogP) is 4.82. The molecule has 0 amide bonds. The Hall–Kier alpha value is -1.53. The molecular formula is C17H18ClF3IN5S. The quantitative estimate of drug-likeness (QED) is 0.246. The Kier molecular flexibility index (Phi) is 7.96. The molecule has 0 saturated carbocycles. The Morgan fingerprint density at radius 3 is 2.79 bits per heavy atom. The Morgan fingerprint density at radius 2 is 2.11 bits per heavy atom. The monoisotopic (exact) mass is 543 g/mol. The Bertz CT molecular complexity index is 954. The third kappa shape index (κ3) is 5.74. The highest BCUT2D eigenvalue weighted by molar-refractivity contribution is 14.0. The number of nitrogens with one attached hydrogen (secondary N) is 3. The van der Waals surface area contributed by atoms with Crippen LogP contribution in [0.5, 0.6) is 0 Å². The summed E-state index contributed by atoms with van der Waals surface area (Å²) in [5.41, 5.74) is 1.26. The van der Waals surface area contributed by atoms with Gasteiger partial charge in [0, 0.05) is 41.1 Å². The van der Waals surface area contributed by atoms with Crippen molar-refractivity contribution in [3.63, 3.8) is 0 Å². The van der Waals surface area contributed by atoms with Gasteiger partial charge >= 0.3 is 6.18 Å². The minimum atomic E-state index is -4.42. The van der Waals surface area contributed by atoms with E-state index in [2.05, 4.69) is 25.6 Å². The lowest BCUT2D eigenvalue weighted by Crippen LogP contribution is -2.37. The molecule has 2 aromatic heterocycles. The van der Waals surface area contributed by atoms with Crippen molar-refractivity contribution in [2.45, 2.75) is 19.1 Å². The second-order valence-corrected chi connectivity index (χ2v) is 7.11. The number of hydrogen-bond donors (Lipinski definition) is 3. The van der Waals surface area contributed by atoms with Crippen LogP contribution < -0.4 is 10.6 Å². The second kappa shape index (κ2) is 9.79. The Morgan fingerprint density at radius 1 is 1.32 bits per heavy atom. The van der Waals surface area contributed by atoms with Gasteiger partial charge in [-0.1, -0.05) is 11.6 Å². The normalized spacial score (nSPS) is 12.1. The second-order valence-electron chi connectivity index (χ2n) is 5.73. The number of aromatic nitrogens is 2. The minimum absolute atomic E-state index is 0. The molecule has 0 radical (unpaired) electrons. The molecule has 11 heteroatoms. The molecule has 3 aromatic rings. The Balaban J connectivity index is 0.00000280. The van der Waals surface area contributed by atoms with E-state index in [0.29, 0.717) is 22.5 Å². The number of aliphatic imine (C=N–C) groups is 1. The van der Waals surface area contributed by atoms with Crippen LogP contribution in [0.2, 0.25) is 5.02 Å². The van der Waals surface area contributed by atoms with Gasteiger partial charge in [-0.25, -0.2) is 4.98 Å². The molecule has 0 aliphatic rings. The van der Waals surface area contributed by atoms with Crippen LogP contribution >= 0.6 is 46.9 Å². The van der Waals surface area contributed by atoms with Crippen LogP contribution in [0.1, 0.15) is 16.3 Å². The summed E-state index contributed by atoms with van der Waals surface area (Å²) in [4.78, 5) is 10.9. The highest BCUT2D eigenvalue weighted by atomic mass is 127. The van der Waals surface area contributed by atoms with E-state index in [1.165, 1.54) is 0 Å². The van der Waals surface area contributed by atoms with Crippen molar-refractivity contribution in [1.82, 2.24) is 20.6 Å². The molecule has 1 aromatic carbocycles. The summed E-state index contributed by atoms with van der Waals surface area (Å²) in [6.45, 7) is 0.772. The van der Waals surface area contributed by atoms with Gasteiger partial charge in [-0.2, -0.15) is 13.2 Å². The number of guanidine groups is 1. The highest BCUT2D eigenvalue weighted by Crippen LogP contribution is 2.29. The molecule has 0 saturated heterocycles. The van der Waals surface area contributed by atoms with E-state index in [1.807, 2.05) is 24.4 Å². The maximum absolute atomic E-state index is 12.6. The van der Waals surface area contributed by atoms with Crippen LogP contribution in [0.15, 0.2) is 34.8 Å². The van der Waals surface area contributed by atoms with Crippen LogP contribution in [0, 0.1) is 0 Å². The summed E-state index contributed by atoms with van der Waals surface area (Å²) in [5.74, 6) is 0.497. The summed E-state index contributed by atoms with van der Waals surface area (Å²) >= 11 is 7.01. The molecule has 0 aliphatic heterocycles. The molecule has 0 aliphatic carbocycles. The highest BCUT2D eigenvalue weighted by Gasteiger charge is 2.33. The first-order valence-corrected chi connectivity index (χ1v) is 9.34. The van der Waals surface area contributed by atoms with Gasteiger partial charge in [-0.3, -0.25) is 4.99 Å². The molecule has 0 spiro atoms. The van der Waals surface area contributed by atoms with E-state index in [0.717, 1.165) is 39.6 Å². The fourth-order valence-electron chi connectivity index (χ4n) is 2.58. The number of benzene rings is 1. The number of nitrogens with zero attached hydrogens (tertiary/aromatic N) is 2. The zero-order chi connectivity index (χ0) is 19.4. The average Bonchev–Trinajstić information content (AvgIpc) is 3.25. The van der Waals surface area contributed by atoms with Crippen molar-refractivity contribution in [1.29, 1.82) is 0 Å². The molecule has 152 valence electrons. The summed E-state index contributed by atoms with van der Waals surface area (Å²) in [7, 11) is 1.60. The topological polar surface area (TPSA) is 65.1 Å². The van der Waals surface area contributed by atoms with E-state index >= 15 is 0 Å². The number of rotatable bonds is 5. The lowest BCUT2D eigenvalue weighted by Gasteiger charge is -2.10. The fraction of sp³-hybridized carbons (Fsp3) is 0.294. The maximum Gasteiger partial charge on any atom is 0.434 e. The zero-order valence-corrected chi connectivity index (χ0v) is 18.6. The van der Waals surface area contributed by atoms with Crippen molar-refractivity contribution in [3.8, 4) is 0 Å². The van der Waals surface area contributed by atoms with Gasteiger partial charge in [-0.15, -0.1) is 35.3 Å². The number of fused-ring (bicyclic) bond motifs is 1. The van der Waals surface area contributed by atoms with Crippen LogP contribution in [0.25, 0.3) is 10.9 Å². The summed E-state index contributed by atoms with van der Waals surface area (Å²) < 4.78 is 37.7. The van der Waals surface area contributed by atoms with Gasteiger partial charge < -0.3 is 15.6 Å². The standard InChI is InChI=1S/C17H17ClF3N5S.HI/c1-22-16(25-8-15-26-14(9-27-15)17(19,20)21)23-5-4-10-7-24-13-3-2-11(18)6-12(10)13;/h2-3,6-7,9,24H,4-5,8H2,1H3,(H2,22,23,25);1H. The molecule has 0 fully saturated rings. The number of alkyl halides is 3. The molecule has 0 atom stereocenters. The van der Waals surface area contributed by atoms with Crippen molar-refractivity contribution >= 4 is 63.8 Å². The van der Waals surface area contributed by atoms with E-state index in [-0.39, 0.29) is 30.5 Å². The van der Waals surface area contributed by atoms with E-state index in [9.17, 15) is 13.2 Å². The number of aromatic amines is 1. The van der Waals surface area contributed by atoms with E-state index in [1.54, 1.807) is 7.05 Å². The van der Waals surface area contributed by atoms with Crippen molar-refractivity contribution in [2.75, 3.05) is 13.6 Å². The van der Waals surface area contributed by atoms with Crippen molar-refractivity contribution in [3.05, 3.63) is 51.1 Å². The third-order valence-corrected chi connectivity index (χ3v) is 4.97. The van der Waals surface area contributed by atoms with Gasteiger partial charge in [0.25, 0.3) is 0 Å². The van der Waals surface area contributed by atoms with E-state index < -0.39 is 11.9 Å². The Labute approximate surface area is 185 Å². The molecule has 0 unspecified atom stereocenters. The molecule has 0 bridgehead atoms. The first kappa shape index (κ1) is 22.8. The van der Waals surface area contributed by atoms with Gasteiger partial charge in [0.15, 0.2) is 11.7 Å². The maximum atomic E-state index is 12.6. The van der Waals surface area contributed by atoms with Crippen molar-refractivity contribution in [2.24, 2.45) is 4.99 Å². The molecule has 5 nitrogen and oxygen atoms in total. The average molecular weight is 544 g/mol. The molecule has 2 heterocycles. The van der Waals surface area contributed by atoms with Crippen molar-refractivity contribution < 1.29 is 13.2 Å². The lowest BCUT2D eigenvalue weighted by molar-refractivity contribution is -0.140. The first-order valence-electron chi connectivity index (χ1n) is 8.08. The largest absolute Gasteiger partial charge is 0.434 e. The number of hydrogen-bond acceptors (Lipinski definition) is 3. The smallest absolute Gasteiger partial charge is 0.361 e. The van der Waals surface area contributed by atoms with Gasteiger partial charge in [0.1, 0.15) is 5.01 Å². The third-order valence-electron chi connectivity index (χ3n) is 3.89. The fourth-order valence-corrected chi connectivity index (χ4v) is 3.49. The molecule has 28 heavy (non-hydrogen) atoms. The van der Waals surface area contributed by atoms with Gasteiger partial charge in [0.2, 0.25) is 0 Å². The lowest BCUT2D eigenvalue weighted by atomic mass is 10.1. The van der Waals surface area contributed by atoms with Crippen LogP contribution in [0.3, 0.4) is 0 Å². The number of thiazole rings is 1. The van der Waals surface area contributed by atoms with Crippen LogP contribution in [0.4, 0.5) is 13.2 Å². The molecular weight excluding hydrogens is 526 g/mol.